The molecule has 4 rings (SSSR count). The average molecular weight is 406 g/mol. The highest BCUT2D eigenvalue weighted by atomic mass is 16.6. The number of aromatic amines is 1. The van der Waals surface area contributed by atoms with E-state index >= 15 is 0 Å². The summed E-state index contributed by atoms with van der Waals surface area (Å²) in [6.07, 6.45) is 2.82. The standard InChI is InChI=1S/C22H22N4O4/c1-2-3-6-12-25-21(14-8-7-9-15(13-14)26(29)30)18-19(23-24-20(18)22(25)28)16-10-4-5-11-17(16)27/h4-5,7-11,13,21,27H,2-3,6,12H2,1H3,(H,23,24). The van der Waals surface area contributed by atoms with E-state index < -0.39 is 11.0 Å². The van der Waals surface area contributed by atoms with Crippen LogP contribution in [0.15, 0.2) is 48.5 Å². The Hall–Kier alpha value is -3.68. The maximum absolute atomic E-state index is 13.2. The van der Waals surface area contributed by atoms with Gasteiger partial charge in [0, 0.05) is 29.8 Å². The number of carbonyl (C=O) groups is 1. The molecule has 0 bridgehead atoms. The molecule has 154 valence electrons. The summed E-state index contributed by atoms with van der Waals surface area (Å²) in [7, 11) is 0. The van der Waals surface area contributed by atoms with Gasteiger partial charge in [0.2, 0.25) is 0 Å². The van der Waals surface area contributed by atoms with Gasteiger partial charge in [0.1, 0.15) is 17.1 Å². The maximum Gasteiger partial charge on any atom is 0.273 e. The number of para-hydroxylation sites is 1. The van der Waals surface area contributed by atoms with Gasteiger partial charge in [-0.2, -0.15) is 5.10 Å². The molecule has 1 amide bonds. The van der Waals surface area contributed by atoms with Gasteiger partial charge < -0.3 is 10.0 Å². The number of benzene rings is 2. The first kappa shape index (κ1) is 19.6. The second kappa shape index (κ2) is 7.98. The van der Waals surface area contributed by atoms with E-state index in [-0.39, 0.29) is 17.3 Å². The lowest BCUT2D eigenvalue weighted by molar-refractivity contribution is -0.384. The lowest BCUT2D eigenvalue weighted by Gasteiger charge is -2.26. The molecule has 8 heteroatoms. The summed E-state index contributed by atoms with van der Waals surface area (Å²) < 4.78 is 0. The molecular weight excluding hydrogens is 384 g/mol. The van der Waals surface area contributed by atoms with Crippen LogP contribution in [0.2, 0.25) is 0 Å². The van der Waals surface area contributed by atoms with E-state index in [0.717, 1.165) is 19.3 Å². The monoisotopic (exact) mass is 406 g/mol. The minimum absolute atomic E-state index is 0.0329. The van der Waals surface area contributed by atoms with Gasteiger partial charge >= 0.3 is 0 Å². The van der Waals surface area contributed by atoms with E-state index in [1.807, 2.05) is 0 Å². The summed E-state index contributed by atoms with van der Waals surface area (Å²) >= 11 is 0. The largest absolute Gasteiger partial charge is 0.507 e. The quantitative estimate of drug-likeness (QED) is 0.342. The lowest BCUT2D eigenvalue weighted by atomic mass is 9.95. The fourth-order valence-corrected chi connectivity index (χ4v) is 3.99. The third kappa shape index (κ3) is 3.30. The first-order valence-electron chi connectivity index (χ1n) is 9.94. The Morgan fingerprint density at radius 2 is 2.00 bits per heavy atom. The molecule has 3 aromatic rings. The number of non-ortho nitro benzene ring substituents is 1. The second-order valence-corrected chi connectivity index (χ2v) is 7.34. The van der Waals surface area contributed by atoms with Crippen LogP contribution in [-0.2, 0) is 0 Å². The molecule has 2 heterocycles. The number of aromatic nitrogens is 2. The second-order valence-electron chi connectivity index (χ2n) is 7.34. The number of nitrogens with zero attached hydrogens (tertiary/aromatic N) is 3. The predicted molar refractivity (Wildman–Crippen MR) is 111 cm³/mol. The minimum Gasteiger partial charge on any atom is -0.507 e. The number of phenols is 1. The molecule has 0 saturated heterocycles. The van der Waals surface area contributed by atoms with Crippen molar-refractivity contribution in [1.82, 2.24) is 15.1 Å². The number of rotatable bonds is 7. The summed E-state index contributed by atoms with van der Waals surface area (Å²) in [4.78, 5) is 25.8. The number of hydrogen-bond acceptors (Lipinski definition) is 5. The number of amides is 1. The van der Waals surface area contributed by atoms with Crippen LogP contribution in [0.3, 0.4) is 0 Å². The van der Waals surface area contributed by atoms with Crippen LogP contribution in [0.4, 0.5) is 5.69 Å². The molecule has 1 aliphatic rings. The highest BCUT2D eigenvalue weighted by Gasteiger charge is 2.42. The first-order valence-corrected chi connectivity index (χ1v) is 9.94. The van der Waals surface area contributed by atoms with Crippen molar-refractivity contribution in [2.24, 2.45) is 0 Å². The summed E-state index contributed by atoms with van der Waals surface area (Å²) in [5.74, 6) is -0.131. The Bertz CT molecular complexity index is 1110. The van der Waals surface area contributed by atoms with Crippen molar-refractivity contribution in [1.29, 1.82) is 0 Å². The van der Waals surface area contributed by atoms with Crippen molar-refractivity contribution in [2.45, 2.75) is 32.2 Å². The van der Waals surface area contributed by atoms with Crippen molar-refractivity contribution < 1.29 is 14.8 Å². The first-order chi connectivity index (χ1) is 14.5. The van der Waals surface area contributed by atoms with Crippen LogP contribution in [0.25, 0.3) is 11.3 Å². The van der Waals surface area contributed by atoms with Gasteiger partial charge in [0.25, 0.3) is 11.6 Å². The van der Waals surface area contributed by atoms with Gasteiger partial charge in [-0.3, -0.25) is 20.0 Å². The van der Waals surface area contributed by atoms with Gasteiger partial charge in [-0.25, -0.2) is 0 Å². The van der Waals surface area contributed by atoms with Gasteiger partial charge in [-0.05, 0) is 24.1 Å². The topological polar surface area (TPSA) is 112 Å². The fourth-order valence-electron chi connectivity index (χ4n) is 3.99. The summed E-state index contributed by atoms with van der Waals surface area (Å²) in [5, 5.41) is 28.8. The zero-order chi connectivity index (χ0) is 21.3. The Balaban J connectivity index is 1.86. The number of fused-ring (bicyclic) bond motifs is 1. The summed E-state index contributed by atoms with van der Waals surface area (Å²) in [6, 6.07) is 12.6. The van der Waals surface area contributed by atoms with Crippen molar-refractivity contribution >= 4 is 11.6 Å². The third-order valence-electron chi connectivity index (χ3n) is 5.42. The van der Waals surface area contributed by atoms with Gasteiger partial charge in [-0.1, -0.05) is 44.0 Å². The predicted octanol–water partition coefficient (Wildman–Crippen LogP) is 4.43. The molecule has 2 N–H and O–H groups in total. The number of carbonyl (C=O) groups excluding carboxylic acids is 1. The normalized spacial score (nSPS) is 15.4. The van der Waals surface area contributed by atoms with Crippen LogP contribution in [0, 0.1) is 10.1 Å². The Kier molecular flexibility index (Phi) is 5.22. The van der Waals surface area contributed by atoms with Crippen LogP contribution in [-0.4, -0.2) is 37.6 Å². The van der Waals surface area contributed by atoms with Crippen molar-refractivity contribution in [3.05, 3.63) is 75.5 Å². The van der Waals surface area contributed by atoms with Crippen LogP contribution in [0.5, 0.6) is 5.75 Å². The number of hydrogen-bond donors (Lipinski definition) is 2. The van der Waals surface area contributed by atoms with E-state index in [1.165, 1.54) is 12.1 Å². The molecule has 1 aliphatic heterocycles. The van der Waals surface area contributed by atoms with Crippen molar-refractivity contribution in [3.63, 3.8) is 0 Å². The minimum atomic E-state index is -0.516. The molecular formula is C22H22N4O4. The van der Waals surface area contributed by atoms with Gasteiger partial charge in [0.15, 0.2) is 0 Å². The van der Waals surface area contributed by atoms with E-state index in [1.54, 1.807) is 41.3 Å². The zero-order valence-electron chi connectivity index (χ0n) is 16.5. The average Bonchev–Trinajstić information content (AvgIpc) is 3.28. The number of unbranched alkanes of at least 4 members (excludes halogenated alkanes) is 2. The molecule has 0 fully saturated rings. The van der Waals surface area contributed by atoms with Crippen LogP contribution < -0.4 is 0 Å². The van der Waals surface area contributed by atoms with E-state index in [2.05, 4.69) is 17.1 Å². The number of H-pyrrole nitrogens is 1. The van der Waals surface area contributed by atoms with Crippen molar-refractivity contribution in [2.75, 3.05) is 6.54 Å². The van der Waals surface area contributed by atoms with Crippen molar-refractivity contribution in [3.8, 4) is 17.0 Å². The lowest BCUT2D eigenvalue weighted by Crippen LogP contribution is -2.30. The van der Waals surface area contributed by atoms with E-state index in [9.17, 15) is 20.0 Å². The number of nitro benzene ring substituents is 1. The molecule has 1 atom stereocenters. The van der Waals surface area contributed by atoms with Crippen LogP contribution in [0.1, 0.15) is 53.8 Å². The number of nitro groups is 1. The Morgan fingerprint density at radius 3 is 2.73 bits per heavy atom. The third-order valence-corrected chi connectivity index (χ3v) is 5.42. The molecule has 2 aromatic carbocycles. The zero-order valence-corrected chi connectivity index (χ0v) is 16.5. The van der Waals surface area contributed by atoms with E-state index in [4.69, 9.17) is 0 Å². The smallest absolute Gasteiger partial charge is 0.273 e. The highest BCUT2D eigenvalue weighted by Crippen LogP contribution is 2.44. The number of aromatic hydroxyl groups is 1. The molecule has 0 aliphatic carbocycles. The molecule has 0 saturated carbocycles. The van der Waals surface area contributed by atoms with Gasteiger partial charge in [0.05, 0.1) is 11.0 Å². The Morgan fingerprint density at radius 1 is 1.20 bits per heavy atom. The SMILES string of the molecule is CCCCCN1C(=O)c2[nH]nc(-c3ccccc3O)c2C1c1cccc([N+](=O)[O-])c1. The summed E-state index contributed by atoms with van der Waals surface area (Å²) in [5.41, 5.74) is 2.60. The highest BCUT2D eigenvalue weighted by molar-refractivity contribution is 6.00. The number of phenolic OH excluding ortho intramolecular Hbond substituents is 1. The molecule has 1 unspecified atom stereocenters. The summed E-state index contributed by atoms with van der Waals surface area (Å²) in [6.45, 7) is 2.62. The fraction of sp³-hybridized carbons (Fsp3) is 0.273. The molecule has 0 radical (unpaired) electrons. The van der Waals surface area contributed by atoms with Gasteiger partial charge in [-0.15, -0.1) is 0 Å². The molecule has 1 aromatic heterocycles. The number of nitrogens with one attached hydrogen (secondary N) is 1. The molecule has 0 spiro atoms. The Labute approximate surface area is 173 Å². The van der Waals surface area contributed by atoms with E-state index in [0.29, 0.717) is 34.6 Å². The molecule has 8 nitrogen and oxygen atoms in total. The van der Waals surface area contributed by atoms with Crippen LogP contribution >= 0.6 is 0 Å². The maximum atomic E-state index is 13.2. The molecule has 30 heavy (non-hydrogen) atoms.